The number of aromatic nitrogens is 4. The summed E-state index contributed by atoms with van der Waals surface area (Å²) < 4.78 is 1.82. The topological polar surface area (TPSA) is 80.5 Å². The molecule has 7 nitrogen and oxygen atoms in total. The molecule has 1 fully saturated rings. The maximum absolute atomic E-state index is 13.0. The molecule has 1 unspecified atom stereocenters. The zero-order valence-corrected chi connectivity index (χ0v) is 16.2. The number of nitrogens with zero attached hydrogens (tertiary/aromatic N) is 5. The summed E-state index contributed by atoms with van der Waals surface area (Å²) in [6.07, 6.45) is 0.902. The minimum Gasteiger partial charge on any atom is -0.274 e. The first-order valence-corrected chi connectivity index (χ1v) is 9.68. The fourth-order valence-electron chi connectivity index (χ4n) is 3.38. The van der Waals surface area contributed by atoms with Gasteiger partial charge >= 0.3 is 0 Å². The van der Waals surface area contributed by atoms with Gasteiger partial charge in [0.15, 0.2) is 5.16 Å². The van der Waals surface area contributed by atoms with Crippen LogP contribution in [0.1, 0.15) is 30.3 Å². The van der Waals surface area contributed by atoms with Crippen LogP contribution in [0.5, 0.6) is 0 Å². The molecule has 3 aromatic rings. The third-order valence-electron chi connectivity index (χ3n) is 4.63. The Bertz CT molecular complexity index is 1060. The van der Waals surface area contributed by atoms with E-state index < -0.39 is 5.25 Å². The fourth-order valence-corrected chi connectivity index (χ4v) is 4.49. The second kappa shape index (κ2) is 6.77. The Morgan fingerprint density at radius 3 is 2.74 bits per heavy atom. The molecule has 0 bridgehead atoms. The average Bonchev–Trinajstić information content (AvgIpc) is 3.16. The van der Waals surface area contributed by atoms with Crippen molar-refractivity contribution in [1.29, 1.82) is 0 Å². The largest absolute Gasteiger partial charge is 0.274 e. The molecule has 1 saturated heterocycles. The first kappa shape index (κ1) is 17.7. The summed E-state index contributed by atoms with van der Waals surface area (Å²) >= 11 is 1.27. The quantitative estimate of drug-likeness (QED) is 0.647. The summed E-state index contributed by atoms with van der Waals surface area (Å²) in [5.41, 5.74) is 3.46. The second-order valence-electron chi connectivity index (χ2n) is 6.52. The van der Waals surface area contributed by atoms with Crippen molar-refractivity contribution < 1.29 is 9.59 Å². The summed E-state index contributed by atoms with van der Waals surface area (Å²) in [6.45, 7) is 5.85. The van der Waals surface area contributed by atoms with E-state index in [0.29, 0.717) is 16.6 Å². The van der Waals surface area contributed by atoms with Crippen LogP contribution in [-0.4, -0.2) is 36.6 Å². The van der Waals surface area contributed by atoms with Gasteiger partial charge in [-0.15, -0.1) is 10.2 Å². The minimum atomic E-state index is -0.518. The number of para-hydroxylation sites is 1. The molecular weight excluding hydrogens is 362 g/mol. The number of fused-ring (bicyclic) bond motifs is 1. The van der Waals surface area contributed by atoms with Crippen molar-refractivity contribution >= 4 is 35.0 Å². The Morgan fingerprint density at radius 1 is 1.19 bits per heavy atom. The second-order valence-corrected chi connectivity index (χ2v) is 7.69. The molecule has 0 N–H and O–H groups in total. The van der Waals surface area contributed by atoms with Gasteiger partial charge in [0.2, 0.25) is 11.8 Å². The van der Waals surface area contributed by atoms with Crippen molar-refractivity contribution in [1.82, 2.24) is 19.6 Å². The standard InChI is InChI=1S/C19H19N5O2S/c1-4-13-7-5-6-8-14(13)24-16(25)10-15(17(24)26)27-19-22-21-18-20-11(2)9-12(3)23(18)19/h5-9,15H,4,10H2,1-3H3. The van der Waals surface area contributed by atoms with E-state index in [4.69, 9.17) is 0 Å². The van der Waals surface area contributed by atoms with E-state index in [1.165, 1.54) is 16.7 Å². The van der Waals surface area contributed by atoms with E-state index in [-0.39, 0.29) is 18.2 Å². The zero-order valence-electron chi connectivity index (χ0n) is 15.3. The molecule has 4 rings (SSSR count). The fraction of sp³-hybridized carbons (Fsp3) is 0.316. The lowest BCUT2D eigenvalue weighted by Crippen LogP contribution is -2.32. The summed E-state index contributed by atoms with van der Waals surface area (Å²) in [5, 5.41) is 8.34. The molecule has 1 aromatic carbocycles. The number of anilines is 1. The predicted molar refractivity (Wildman–Crippen MR) is 103 cm³/mol. The van der Waals surface area contributed by atoms with Crippen LogP contribution in [0.2, 0.25) is 0 Å². The van der Waals surface area contributed by atoms with Gasteiger partial charge in [-0.2, -0.15) is 0 Å². The van der Waals surface area contributed by atoms with Crippen molar-refractivity contribution in [2.24, 2.45) is 0 Å². The molecule has 0 saturated carbocycles. The Balaban J connectivity index is 1.65. The van der Waals surface area contributed by atoms with Gasteiger partial charge in [0.25, 0.3) is 5.78 Å². The highest BCUT2D eigenvalue weighted by atomic mass is 32.2. The molecule has 0 spiro atoms. The number of aryl methyl sites for hydroxylation is 3. The number of imide groups is 1. The van der Waals surface area contributed by atoms with Gasteiger partial charge < -0.3 is 0 Å². The monoisotopic (exact) mass is 381 g/mol. The number of carbonyl (C=O) groups excluding carboxylic acids is 2. The molecule has 0 aliphatic carbocycles. The van der Waals surface area contributed by atoms with Crippen LogP contribution < -0.4 is 4.90 Å². The van der Waals surface area contributed by atoms with E-state index in [2.05, 4.69) is 15.2 Å². The Morgan fingerprint density at radius 2 is 1.96 bits per heavy atom. The van der Waals surface area contributed by atoms with Gasteiger partial charge in [0, 0.05) is 17.8 Å². The molecule has 8 heteroatoms. The molecule has 0 radical (unpaired) electrons. The summed E-state index contributed by atoms with van der Waals surface area (Å²) in [5.74, 6) is 0.109. The van der Waals surface area contributed by atoms with Crippen LogP contribution in [0.25, 0.3) is 5.78 Å². The molecule has 1 aliphatic rings. The van der Waals surface area contributed by atoms with Crippen molar-refractivity contribution in [3.05, 3.63) is 47.3 Å². The van der Waals surface area contributed by atoms with Gasteiger partial charge in [-0.05, 0) is 38.0 Å². The molecule has 2 amide bonds. The van der Waals surface area contributed by atoms with Crippen LogP contribution in [0, 0.1) is 13.8 Å². The first-order valence-electron chi connectivity index (χ1n) is 8.80. The van der Waals surface area contributed by atoms with Crippen molar-refractivity contribution in [2.75, 3.05) is 4.90 Å². The number of hydrogen-bond donors (Lipinski definition) is 0. The zero-order chi connectivity index (χ0) is 19.1. The lowest BCUT2D eigenvalue weighted by Gasteiger charge is -2.18. The van der Waals surface area contributed by atoms with Gasteiger partial charge in [-0.3, -0.25) is 14.0 Å². The van der Waals surface area contributed by atoms with E-state index in [0.717, 1.165) is 23.4 Å². The van der Waals surface area contributed by atoms with Crippen molar-refractivity contribution in [3.8, 4) is 0 Å². The van der Waals surface area contributed by atoms with Gasteiger partial charge in [-0.25, -0.2) is 9.88 Å². The molecular formula is C19H19N5O2S. The summed E-state index contributed by atoms with van der Waals surface area (Å²) in [7, 11) is 0. The highest BCUT2D eigenvalue weighted by Gasteiger charge is 2.41. The summed E-state index contributed by atoms with van der Waals surface area (Å²) in [6, 6.07) is 9.47. The van der Waals surface area contributed by atoms with Crippen molar-refractivity contribution in [2.45, 2.75) is 44.0 Å². The Labute approximate surface area is 160 Å². The highest BCUT2D eigenvalue weighted by molar-refractivity contribution is 8.00. The predicted octanol–water partition coefficient (Wildman–Crippen LogP) is 2.73. The molecule has 3 heterocycles. The molecule has 2 aromatic heterocycles. The maximum Gasteiger partial charge on any atom is 0.256 e. The number of thioether (sulfide) groups is 1. The average molecular weight is 381 g/mol. The van der Waals surface area contributed by atoms with E-state index in [9.17, 15) is 9.59 Å². The van der Waals surface area contributed by atoms with Crippen LogP contribution in [0.15, 0.2) is 35.5 Å². The smallest absolute Gasteiger partial charge is 0.256 e. The number of carbonyl (C=O) groups is 2. The summed E-state index contributed by atoms with van der Waals surface area (Å²) in [4.78, 5) is 31.3. The third kappa shape index (κ3) is 2.99. The molecule has 1 aliphatic heterocycles. The SMILES string of the molecule is CCc1ccccc1N1C(=O)CC(Sc2nnc3nc(C)cc(C)n23)C1=O. The van der Waals surface area contributed by atoms with Gasteiger partial charge in [0.1, 0.15) is 5.25 Å². The lowest BCUT2D eigenvalue weighted by atomic mass is 10.1. The van der Waals surface area contributed by atoms with Crippen LogP contribution in [-0.2, 0) is 16.0 Å². The van der Waals surface area contributed by atoms with Gasteiger partial charge in [-0.1, -0.05) is 36.9 Å². The Hall–Kier alpha value is -2.74. The number of hydrogen-bond acceptors (Lipinski definition) is 6. The number of rotatable bonds is 4. The van der Waals surface area contributed by atoms with Crippen molar-refractivity contribution in [3.63, 3.8) is 0 Å². The van der Waals surface area contributed by atoms with Crippen LogP contribution in [0.4, 0.5) is 5.69 Å². The van der Waals surface area contributed by atoms with Crippen LogP contribution in [0.3, 0.4) is 0 Å². The maximum atomic E-state index is 13.0. The lowest BCUT2D eigenvalue weighted by molar-refractivity contribution is -0.121. The molecule has 138 valence electrons. The van der Waals surface area contributed by atoms with Crippen LogP contribution >= 0.6 is 11.8 Å². The normalized spacial score (nSPS) is 17.3. The van der Waals surface area contributed by atoms with E-state index in [1.807, 2.05) is 55.5 Å². The third-order valence-corrected chi connectivity index (χ3v) is 5.76. The Kier molecular flexibility index (Phi) is 4.43. The van der Waals surface area contributed by atoms with E-state index in [1.54, 1.807) is 0 Å². The first-order chi connectivity index (χ1) is 13.0. The highest BCUT2D eigenvalue weighted by Crippen LogP contribution is 2.35. The number of amides is 2. The number of benzene rings is 1. The minimum absolute atomic E-state index is 0.148. The molecule has 1 atom stereocenters. The van der Waals surface area contributed by atoms with E-state index >= 15 is 0 Å². The van der Waals surface area contributed by atoms with Gasteiger partial charge in [0.05, 0.1) is 5.69 Å². The molecule has 27 heavy (non-hydrogen) atoms.